The highest BCUT2D eigenvalue weighted by molar-refractivity contribution is 9.12. The smallest absolute Gasteiger partial charge is 0.274 e. The maximum absolute atomic E-state index is 12.1. The molecule has 3 aromatic rings. The van der Waals surface area contributed by atoms with E-state index in [9.17, 15) is 4.79 Å². The maximum Gasteiger partial charge on any atom is 0.274 e. The van der Waals surface area contributed by atoms with E-state index in [-0.39, 0.29) is 11.5 Å². The number of hydrazone groups is 1. The van der Waals surface area contributed by atoms with Crippen LogP contribution in [0.5, 0.6) is 0 Å². The number of aromatic nitrogens is 3. The van der Waals surface area contributed by atoms with Gasteiger partial charge in [0.2, 0.25) is 5.95 Å². The second-order valence-electron chi connectivity index (χ2n) is 5.42. The number of nitrogens with zero attached hydrogens (tertiary/aromatic N) is 3. The normalized spacial score (nSPS) is 11.7. The molecule has 0 bridgehead atoms. The van der Waals surface area contributed by atoms with Crippen molar-refractivity contribution in [2.24, 2.45) is 5.10 Å². The predicted molar refractivity (Wildman–Crippen MR) is 107 cm³/mol. The zero-order valence-corrected chi connectivity index (χ0v) is 15.3. The van der Waals surface area contributed by atoms with E-state index in [1.54, 1.807) is 6.21 Å². The molecule has 3 rings (SSSR count). The first-order chi connectivity index (χ1) is 12.7. The summed E-state index contributed by atoms with van der Waals surface area (Å²) in [6.07, 6.45) is 3.92. The van der Waals surface area contributed by atoms with Crippen molar-refractivity contribution in [3.8, 4) is 0 Å². The van der Waals surface area contributed by atoms with Crippen molar-refractivity contribution in [3.63, 3.8) is 0 Å². The number of hydrogen-bond acceptors (Lipinski definition) is 5. The Kier molecular flexibility index (Phi) is 6.05. The zero-order chi connectivity index (χ0) is 18.2. The Morgan fingerprint density at radius 3 is 2.46 bits per heavy atom. The fourth-order valence-corrected chi connectivity index (χ4v) is 2.58. The van der Waals surface area contributed by atoms with Crippen LogP contribution in [0, 0.1) is 0 Å². The summed E-state index contributed by atoms with van der Waals surface area (Å²) < 4.78 is 0.771. The number of nitrogens with one attached hydrogen (secondary N) is 2. The number of rotatable bonds is 6. The number of H-pyrrole nitrogens is 1. The molecule has 1 heterocycles. The third kappa shape index (κ3) is 5.22. The standard InChI is InChI=1S/C19H16BrN5O/c20-16(11-14-7-3-1-4-8-14)13-21-24-19-22-18(26)17(23-25-19)12-15-9-5-2-6-10-15/h1-11,13H,12H2,(H2,22,24,25,26)/b16-11-,21-13-. The van der Waals surface area contributed by atoms with Crippen LogP contribution >= 0.6 is 15.9 Å². The number of benzene rings is 2. The zero-order valence-electron chi connectivity index (χ0n) is 13.8. The Bertz CT molecular complexity index is 968. The van der Waals surface area contributed by atoms with Crippen LogP contribution in [-0.2, 0) is 6.42 Å². The molecule has 0 aliphatic heterocycles. The number of aromatic amines is 1. The van der Waals surface area contributed by atoms with Crippen molar-refractivity contribution in [2.45, 2.75) is 6.42 Å². The minimum absolute atomic E-state index is 0.183. The van der Waals surface area contributed by atoms with Gasteiger partial charge in [-0.2, -0.15) is 5.10 Å². The number of hydrogen-bond donors (Lipinski definition) is 2. The number of allylic oxidation sites excluding steroid dienone is 1. The van der Waals surface area contributed by atoms with E-state index >= 15 is 0 Å². The Hall–Kier alpha value is -3.06. The molecular formula is C19H16BrN5O. The molecule has 0 spiro atoms. The van der Waals surface area contributed by atoms with Gasteiger partial charge in [0.25, 0.3) is 5.56 Å². The molecule has 0 aliphatic carbocycles. The Morgan fingerprint density at radius 1 is 1.08 bits per heavy atom. The molecule has 0 fully saturated rings. The molecule has 2 aromatic carbocycles. The van der Waals surface area contributed by atoms with Crippen LogP contribution in [0.25, 0.3) is 6.08 Å². The van der Waals surface area contributed by atoms with Crippen molar-refractivity contribution in [1.29, 1.82) is 0 Å². The molecule has 0 aliphatic rings. The van der Waals surface area contributed by atoms with Crippen LogP contribution in [0.2, 0.25) is 0 Å². The van der Waals surface area contributed by atoms with Gasteiger partial charge in [-0.15, -0.1) is 10.2 Å². The molecular weight excluding hydrogens is 394 g/mol. The SMILES string of the molecule is O=c1[nH]c(N/N=C\C(Br)=C\c2ccccc2)nnc1Cc1ccccc1. The van der Waals surface area contributed by atoms with Gasteiger partial charge < -0.3 is 0 Å². The van der Waals surface area contributed by atoms with Gasteiger partial charge in [0, 0.05) is 10.9 Å². The van der Waals surface area contributed by atoms with E-state index < -0.39 is 0 Å². The van der Waals surface area contributed by atoms with Gasteiger partial charge >= 0.3 is 0 Å². The molecule has 6 nitrogen and oxygen atoms in total. The van der Waals surface area contributed by atoms with Crippen LogP contribution in [-0.4, -0.2) is 21.4 Å². The second kappa shape index (κ2) is 8.87. The lowest BCUT2D eigenvalue weighted by Crippen LogP contribution is -2.18. The molecule has 26 heavy (non-hydrogen) atoms. The third-order valence-corrected chi connectivity index (χ3v) is 3.88. The fraction of sp³-hybridized carbons (Fsp3) is 0.0526. The highest BCUT2D eigenvalue weighted by Gasteiger charge is 2.05. The average molecular weight is 410 g/mol. The van der Waals surface area contributed by atoms with Crippen molar-refractivity contribution in [3.05, 3.63) is 92.3 Å². The van der Waals surface area contributed by atoms with Crippen molar-refractivity contribution in [2.75, 3.05) is 5.43 Å². The minimum Gasteiger partial charge on any atom is -0.288 e. The van der Waals surface area contributed by atoms with E-state index in [0.29, 0.717) is 12.1 Å². The van der Waals surface area contributed by atoms with E-state index in [1.807, 2.05) is 66.7 Å². The Labute approximate surface area is 158 Å². The molecule has 2 N–H and O–H groups in total. The van der Waals surface area contributed by atoms with Crippen LogP contribution in [0.15, 0.2) is 75.0 Å². The molecule has 7 heteroatoms. The summed E-state index contributed by atoms with van der Waals surface area (Å²) in [4.78, 5) is 14.7. The predicted octanol–water partition coefficient (Wildman–Crippen LogP) is 3.59. The highest BCUT2D eigenvalue weighted by Crippen LogP contribution is 2.10. The molecule has 130 valence electrons. The number of halogens is 1. The lowest BCUT2D eigenvalue weighted by molar-refractivity contribution is 0.866. The topological polar surface area (TPSA) is 83.0 Å². The monoisotopic (exact) mass is 409 g/mol. The van der Waals surface area contributed by atoms with Crippen LogP contribution in [0.3, 0.4) is 0 Å². The highest BCUT2D eigenvalue weighted by atomic mass is 79.9. The van der Waals surface area contributed by atoms with E-state index in [1.165, 1.54) is 0 Å². The quantitative estimate of drug-likeness (QED) is 0.481. The maximum atomic E-state index is 12.1. The van der Waals surface area contributed by atoms with Crippen molar-refractivity contribution >= 4 is 34.2 Å². The fourth-order valence-electron chi connectivity index (χ4n) is 2.22. The first-order valence-corrected chi connectivity index (χ1v) is 8.71. The van der Waals surface area contributed by atoms with Crippen molar-refractivity contribution < 1.29 is 0 Å². The average Bonchev–Trinajstić information content (AvgIpc) is 2.65. The molecule has 0 saturated heterocycles. The van der Waals surface area contributed by atoms with Gasteiger partial charge in [-0.05, 0) is 33.1 Å². The van der Waals surface area contributed by atoms with E-state index in [4.69, 9.17) is 0 Å². The summed E-state index contributed by atoms with van der Waals surface area (Å²) in [5.74, 6) is 0.183. The second-order valence-corrected chi connectivity index (χ2v) is 6.34. The van der Waals surface area contributed by atoms with Crippen LogP contribution in [0.1, 0.15) is 16.8 Å². The molecule has 0 atom stereocenters. The Morgan fingerprint density at radius 2 is 1.77 bits per heavy atom. The molecule has 0 amide bonds. The van der Waals surface area contributed by atoms with Crippen LogP contribution < -0.4 is 11.0 Å². The van der Waals surface area contributed by atoms with Crippen LogP contribution in [0.4, 0.5) is 5.95 Å². The summed E-state index contributed by atoms with van der Waals surface area (Å²) in [6.45, 7) is 0. The van der Waals surface area contributed by atoms with Gasteiger partial charge in [-0.25, -0.2) is 5.43 Å². The van der Waals surface area contributed by atoms with Gasteiger partial charge in [-0.1, -0.05) is 60.7 Å². The first kappa shape index (κ1) is 17.8. The summed E-state index contributed by atoms with van der Waals surface area (Å²) in [7, 11) is 0. The van der Waals surface area contributed by atoms with Gasteiger partial charge in [-0.3, -0.25) is 9.78 Å². The first-order valence-electron chi connectivity index (χ1n) is 7.92. The summed E-state index contributed by atoms with van der Waals surface area (Å²) >= 11 is 3.42. The van der Waals surface area contributed by atoms with Gasteiger partial charge in [0.1, 0.15) is 5.69 Å². The Balaban J connectivity index is 1.63. The lowest BCUT2D eigenvalue weighted by atomic mass is 10.1. The van der Waals surface area contributed by atoms with Gasteiger partial charge in [0.15, 0.2) is 0 Å². The van der Waals surface area contributed by atoms with Gasteiger partial charge in [0.05, 0.1) is 6.21 Å². The molecule has 1 aromatic heterocycles. The van der Waals surface area contributed by atoms with E-state index in [0.717, 1.165) is 15.6 Å². The van der Waals surface area contributed by atoms with E-state index in [2.05, 4.69) is 41.6 Å². The third-order valence-electron chi connectivity index (χ3n) is 3.44. The molecule has 0 saturated carbocycles. The summed E-state index contributed by atoms with van der Waals surface area (Å²) in [5.41, 5.74) is 4.78. The summed E-state index contributed by atoms with van der Waals surface area (Å²) in [5, 5.41) is 12.0. The summed E-state index contributed by atoms with van der Waals surface area (Å²) in [6, 6.07) is 19.5. The minimum atomic E-state index is -0.291. The lowest BCUT2D eigenvalue weighted by Gasteiger charge is -2.01. The van der Waals surface area contributed by atoms with Crippen molar-refractivity contribution in [1.82, 2.24) is 15.2 Å². The molecule has 0 radical (unpaired) electrons. The molecule has 0 unspecified atom stereocenters. The largest absolute Gasteiger partial charge is 0.288 e. The number of anilines is 1.